The van der Waals surface area contributed by atoms with Crippen molar-refractivity contribution in [2.45, 2.75) is 13.2 Å². The van der Waals surface area contributed by atoms with Crippen molar-refractivity contribution >= 4 is 17.5 Å². The molecule has 0 saturated heterocycles. The predicted molar refractivity (Wildman–Crippen MR) is 67.2 cm³/mol. The van der Waals surface area contributed by atoms with Crippen LogP contribution in [0.4, 0.5) is 11.5 Å². The molecule has 0 aliphatic carbocycles. The molecular weight excluding hydrogens is 246 g/mol. The number of nitrogens with zero attached hydrogens (tertiary/aromatic N) is 2. The van der Waals surface area contributed by atoms with Crippen molar-refractivity contribution in [3.05, 3.63) is 47.2 Å². The molecule has 0 atom stereocenters. The summed E-state index contributed by atoms with van der Waals surface area (Å²) in [6, 6.07) is 8.92. The van der Waals surface area contributed by atoms with Crippen LogP contribution in [0.3, 0.4) is 0 Å². The molecule has 0 bridgehead atoms. The van der Waals surface area contributed by atoms with Crippen LogP contribution in [0.15, 0.2) is 30.3 Å². The van der Waals surface area contributed by atoms with E-state index in [1.807, 2.05) is 18.2 Å². The number of aromatic carboxylic acids is 1. The Balaban J connectivity index is 1.79. The van der Waals surface area contributed by atoms with Gasteiger partial charge in [0.15, 0.2) is 11.5 Å². The van der Waals surface area contributed by atoms with Crippen molar-refractivity contribution in [2.24, 2.45) is 0 Å². The molecule has 6 nitrogen and oxygen atoms in total. The number of aromatic nitrogens is 2. The summed E-state index contributed by atoms with van der Waals surface area (Å²) in [4.78, 5) is 10.7. The Morgan fingerprint density at radius 3 is 2.74 bits per heavy atom. The molecule has 6 heteroatoms. The lowest BCUT2D eigenvalue weighted by atomic mass is 10.1. The predicted octanol–water partition coefficient (Wildman–Crippen LogP) is 1.95. The number of carboxylic acid groups (broad SMARTS) is 1. The monoisotopic (exact) mass is 257 g/mol. The van der Waals surface area contributed by atoms with E-state index in [9.17, 15) is 4.79 Å². The van der Waals surface area contributed by atoms with Crippen molar-refractivity contribution in [3.63, 3.8) is 0 Å². The number of benzene rings is 1. The molecule has 0 unspecified atom stereocenters. The number of hydrogen-bond donors (Lipinski definition) is 2. The van der Waals surface area contributed by atoms with E-state index in [1.165, 1.54) is 11.6 Å². The van der Waals surface area contributed by atoms with Crippen molar-refractivity contribution in [1.29, 1.82) is 0 Å². The molecule has 1 aromatic heterocycles. The molecule has 1 aromatic carbocycles. The summed E-state index contributed by atoms with van der Waals surface area (Å²) in [5.74, 6) is -0.586. The van der Waals surface area contributed by atoms with Crippen LogP contribution in [-0.4, -0.2) is 21.3 Å². The van der Waals surface area contributed by atoms with Crippen LogP contribution in [0, 0.1) is 0 Å². The zero-order valence-corrected chi connectivity index (χ0v) is 9.96. The maximum Gasteiger partial charge on any atom is 0.356 e. The highest BCUT2D eigenvalue weighted by molar-refractivity contribution is 5.85. The first-order valence-electron chi connectivity index (χ1n) is 5.76. The fraction of sp³-hybridized carbons (Fsp3) is 0.154. The molecule has 2 N–H and O–H groups in total. The number of anilines is 2. The van der Waals surface area contributed by atoms with Gasteiger partial charge in [0.1, 0.15) is 0 Å². The molecule has 0 amide bonds. The van der Waals surface area contributed by atoms with E-state index in [1.54, 1.807) is 6.07 Å². The fourth-order valence-corrected chi connectivity index (χ4v) is 1.91. The zero-order chi connectivity index (χ0) is 13.2. The minimum absolute atomic E-state index is 0.0760. The number of nitrogens with one attached hydrogen (secondary N) is 1. The smallest absolute Gasteiger partial charge is 0.356 e. The topological polar surface area (TPSA) is 84.3 Å². The number of fused-ring (bicyclic) bond motifs is 1. The Hall–Kier alpha value is -2.47. The van der Waals surface area contributed by atoms with Gasteiger partial charge < -0.3 is 15.2 Å². The van der Waals surface area contributed by atoms with Crippen LogP contribution in [0.5, 0.6) is 0 Å². The summed E-state index contributed by atoms with van der Waals surface area (Å²) in [5, 5.41) is 19.2. The maximum absolute atomic E-state index is 10.7. The summed E-state index contributed by atoms with van der Waals surface area (Å²) < 4.78 is 5.34. The zero-order valence-electron chi connectivity index (χ0n) is 9.96. The molecule has 1 aliphatic heterocycles. The molecular formula is C13H11N3O3. The van der Waals surface area contributed by atoms with Gasteiger partial charge in [-0.05, 0) is 35.4 Å². The standard InChI is InChI=1S/C13H11N3O3/c17-13(18)11-3-4-12(16-15-11)14-10-2-1-8-6-19-7-9(8)5-10/h1-5H,6-7H2,(H,14,16)(H,17,18). The quantitative estimate of drug-likeness (QED) is 0.874. The minimum atomic E-state index is -1.09. The van der Waals surface area contributed by atoms with E-state index in [0.717, 1.165) is 11.3 Å². The number of carboxylic acids is 1. The van der Waals surface area contributed by atoms with E-state index >= 15 is 0 Å². The largest absolute Gasteiger partial charge is 0.476 e. The average Bonchev–Trinajstić information content (AvgIpc) is 2.87. The van der Waals surface area contributed by atoms with Crippen molar-refractivity contribution in [2.75, 3.05) is 5.32 Å². The van der Waals surface area contributed by atoms with E-state index in [2.05, 4.69) is 15.5 Å². The molecule has 19 heavy (non-hydrogen) atoms. The number of hydrogen-bond acceptors (Lipinski definition) is 5. The molecule has 0 spiro atoms. The lowest BCUT2D eigenvalue weighted by Crippen LogP contribution is -2.03. The van der Waals surface area contributed by atoms with Gasteiger partial charge in [-0.1, -0.05) is 6.07 Å². The first-order chi connectivity index (χ1) is 9.22. The van der Waals surface area contributed by atoms with Gasteiger partial charge in [0, 0.05) is 5.69 Å². The second kappa shape index (κ2) is 4.66. The Labute approximate surface area is 109 Å². The summed E-state index contributed by atoms with van der Waals surface area (Å²) >= 11 is 0. The number of carbonyl (C=O) groups is 1. The Morgan fingerprint density at radius 2 is 2.00 bits per heavy atom. The Morgan fingerprint density at radius 1 is 1.16 bits per heavy atom. The lowest BCUT2D eigenvalue weighted by Gasteiger charge is -2.06. The van der Waals surface area contributed by atoms with E-state index < -0.39 is 5.97 Å². The SMILES string of the molecule is O=C(O)c1ccc(Nc2ccc3c(c2)COC3)nn1. The first kappa shape index (κ1) is 11.6. The third-order valence-corrected chi connectivity index (χ3v) is 2.88. The lowest BCUT2D eigenvalue weighted by molar-refractivity contribution is 0.0689. The highest BCUT2D eigenvalue weighted by Crippen LogP contribution is 2.24. The Kier molecular flexibility index (Phi) is 2.85. The van der Waals surface area contributed by atoms with Crippen LogP contribution in [-0.2, 0) is 18.0 Å². The number of rotatable bonds is 3. The van der Waals surface area contributed by atoms with Gasteiger partial charge in [-0.3, -0.25) is 0 Å². The average molecular weight is 257 g/mol. The molecule has 96 valence electrons. The molecule has 2 heterocycles. The second-order valence-electron chi connectivity index (χ2n) is 4.21. The van der Waals surface area contributed by atoms with Gasteiger partial charge in [-0.2, -0.15) is 0 Å². The van der Waals surface area contributed by atoms with Crippen LogP contribution in [0.25, 0.3) is 0 Å². The van der Waals surface area contributed by atoms with E-state index in [4.69, 9.17) is 9.84 Å². The first-order valence-corrected chi connectivity index (χ1v) is 5.76. The van der Waals surface area contributed by atoms with Gasteiger partial charge in [0.25, 0.3) is 0 Å². The maximum atomic E-state index is 10.7. The normalized spacial score (nSPS) is 13.1. The van der Waals surface area contributed by atoms with Crippen LogP contribution in [0.2, 0.25) is 0 Å². The van der Waals surface area contributed by atoms with Crippen molar-refractivity contribution in [3.8, 4) is 0 Å². The van der Waals surface area contributed by atoms with Crippen LogP contribution in [0.1, 0.15) is 21.6 Å². The third kappa shape index (κ3) is 2.38. The van der Waals surface area contributed by atoms with E-state index in [0.29, 0.717) is 19.0 Å². The summed E-state index contributed by atoms with van der Waals surface area (Å²) in [5.41, 5.74) is 3.15. The second-order valence-corrected chi connectivity index (χ2v) is 4.21. The summed E-state index contributed by atoms with van der Waals surface area (Å²) in [7, 11) is 0. The van der Waals surface area contributed by atoms with Crippen LogP contribution < -0.4 is 5.32 Å². The Bertz CT molecular complexity index is 626. The third-order valence-electron chi connectivity index (χ3n) is 2.88. The molecule has 3 rings (SSSR count). The molecule has 0 fully saturated rings. The molecule has 0 radical (unpaired) electrons. The van der Waals surface area contributed by atoms with Gasteiger partial charge in [0.05, 0.1) is 13.2 Å². The highest BCUT2D eigenvalue weighted by atomic mass is 16.5. The van der Waals surface area contributed by atoms with Gasteiger partial charge in [0.2, 0.25) is 0 Å². The van der Waals surface area contributed by atoms with E-state index in [-0.39, 0.29) is 5.69 Å². The van der Waals surface area contributed by atoms with Crippen molar-refractivity contribution < 1.29 is 14.6 Å². The van der Waals surface area contributed by atoms with Crippen molar-refractivity contribution in [1.82, 2.24) is 10.2 Å². The summed E-state index contributed by atoms with van der Waals surface area (Å²) in [6.45, 7) is 1.28. The molecule has 1 aliphatic rings. The minimum Gasteiger partial charge on any atom is -0.476 e. The summed E-state index contributed by atoms with van der Waals surface area (Å²) in [6.07, 6.45) is 0. The molecule has 2 aromatic rings. The fourth-order valence-electron chi connectivity index (χ4n) is 1.91. The molecule has 0 saturated carbocycles. The van der Waals surface area contributed by atoms with Gasteiger partial charge >= 0.3 is 5.97 Å². The number of ether oxygens (including phenoxy) is 1. The van der Waals surface area contributed by atoms with Gasteiger partial charge in [-0.15, -0.1) is 10.2 Å². The highest BCUT2D eigenvalue weighted by Gasteiger charge is 2.11. The van der Waals surface area contributed by atoms with Crippen LogP contribution >= 0.6 is 0 Å². The van der Waals surface area contributed by atoms with Gasteiger partial charge in [-0.25, -0.2) is 4.79 Å².